The normalized spacial score (nSPS) is 10.6. The largest absolute Gasteiger partial charge is 0.507 e. The predicted octanol–water partition coefficient (Wildman–Crippen LogP) is 4.59. The van der Waals surface area contributed by atoms with Gasteiger partial charge in [-0.15, -0.1) is 0 Å². The molecule has 4 N–H and O–H groups in total. The Morgan fingerprint density at radius 3 is 1.26 bits per heavy atom. The minimum Gasteiger partial charge on any atom is -0.507 e. The fraction of sp³-hybridized carbons (Fsp3) is 0. The van der Waals surface area contributed by atoms with Crippen molar-refractivity contribution in [1.82, 2.24) is 10.9 Å². The van der Waals surface area contributed by atoms with Crippen LogP contribution in [-0.4, -0.2) is 34.5 Å². The van der Waals surface area contributed by atoms with Gasteiger partial charge in [0.1, 0.15) is 23.1 Å². The van der Waals surface area contributed by atoms with Gasteiger partial charge in [0, 0.05) is 0 Å². The van der Waals surface area contributed by atoms with E-state index in [1.807, 2.05) is 0 Å². The van der Waals surface area contributed by atoms with Gasteiger partial charge in [0.25, 0.3) is 11.8 Å². The molecule has 0 saturated heterocycles. The van der Waals surface area contributed by atoms with Crippen molar-refractivity contribution in [2.45, 2.75) is 0 Å². The summed E-state index contributed by atoms with van der Waals surface area (Å²) in [5.74, 6) is -1.94. The summed E-state index contributed by atoms with van der Waals surface area (Å²) in [6, 6.07) is 23.6. The van der Waals surface area contributed by atoms with Gasteiger partial charge in [-0.25, -0.2) is 19.6 Å². The number of rotatable bonds is 6. The Kier molecular flexibility index (Phi) is 9.77. The summed E-state index contributed by atoms with van der Waals surface area (Å²) >= 11 is 0. The fourth-order valence-corrected chi connectivity index (χ4v) is 2.88. The van der Waals surface area contributed by atoms with Crippen LogP contribution in [0, 0.1) is 11.6 Å². The molecule has 4 aromatic carbocycles. The molecule has 8 nitrogen and oxygen atoms in total. The quantitative estimate of drug-likeness (QED) is 0.221. The van der Waals surface area contributed by atoms with Crippen molar-refractivity contribution in [3.05, 3.63) is 131 Å². The van der Waals surface area contributed by atoms with E-state index in [0.29, 0.717) is 11.1 Å². The van der Waals surface area contributed by atoms with Crippen molar-refractivity contribution in [3.8, 4) is 11.5 Å². The molecular formula is C28H22F2N4O4. The molecule has 0 atom stereocenters. The number of phenolic OH excluding ortho intramolecular Hbond substituents is 2. The first kappa shape index (κ1) is 27.2. The average molecular weight is 517 g/mol. The van der Waals surface area contributed by atoms with Gasteiger partial charge in [-0.05, 0) is 59.7 Å². The van der Waals surface area contributed by atoms with Crippen LogP contribution in [0.4, 0.5) is 8.78 Å². The number of amides is 2. The number of hydrazone groups is 2. The molecule has 192 valence electrons. The minimum absolute atomic E-state index is 0.114. The van der Waals surface area contributed by atoms with E-state index in [4.69, 9.17) is 0 Å². The van der Waals surface area contributed by atoms with E-state index < -0.39 is 11.8 Å². The van der Waals surface area contributed by atoms with Gasteiger partial charge in [0.2, 0.25) is 0 Å². The zero-order valence-electron chi connectivity index (χ0n) is 19.8. The maximum atomic E-state index is 12.7. The SMILES string of the molecule is O=C(N/N=C/c1ccc(F)cc1)c1ccccc1O.O=C(N/N=C/c1ccc(F)cc1)c1ccccc1O. The monoisotopic (exact) mass is 516 g/mol. The number of halogens is 2. The van der Waals surface area contributed by atoms with Crippen LogP contribution in [0.5, 0.6) is 11.5 Å². The number of carbonyl (C=O) groups excluding carboxylic acids is 2. The second kappa shape index (κ2) is 13.6. The van der Waals surface area contributed by atoms with Crippen molar-refractivity contribution in [2.75, 3.05) is 0 Å². The number of nitrogens with one attached hydrogen (secondary N) is 2. The van der Waals surface area contributed by atoms with E-state index in [-0.39, 0.29) is 34.3 Å². The molecule has 4 rings (SSSR count). The number of phenols is 2. The maximum Gasteiger partial charge on any atom is 0.275 e. The molecule has 0 bridgehead atoms. The summed E-state index contributed by atoms with van der Waals surface area (Å²) < 4.78 is 25.3. The zero-order chi connectivity index (χ0) is 27.3. The van der Waals surface area contributed by atoms with Gasteiger partial charge < -0.3 is 10.2 Å². The van der Waals surface area contributed by atoms with Crippen molar-refractivity contribution < 1.29 is 28.6 Å². The third-order valence-corrected chi connectivity index (χ3v) is 4.80. The molecule has 0 radical (unpaired) electrons. The average Bonchev–Trinajstić information content (AvgIpc) is 2.92. The van der Waals surface area contributed by atoms with Crippen LogP contribution in [-0.2, 0) is 0 Å². The molecule has 0 saturated carbocycles. The van der Waals surface area contributed by atoms with E-state index in [2.05, 4.69) is 21.1 Å². The third kappa shape index (κ3) is 8.38. The Morgan fingerprint density at radius 1 is 0.579 bits per heavy atom. The van der Waals surface area contributed by atoms with E-state index >= 15 is 0 Å². The van der Waals surface area contributed by atoms with Crippen LogP contribution >= 0.6 is 0 Å². The molecule has 38 heavy (non-hydrogen) atoms. The fourth-order valence-electron chi connectivity index (χ4n) is 2.88. The van der Waals surface area contributed by atoms with Crippen LogP contribution in [0.15, 0.2) is 107 Å². The molecule has 0 spiro atoms. The van der Waals surface area contributed by atoms with Gasteiger partial charge in [0.15, 0.2) is 0 Å². The van der Waals surface area contributed by atoms with Crippen LogP contribution in [0.3, 0.4) is 0 Å². The number of nitrogens with zero attached hydrogens (tertiary/aromatic N) is 2. The smallest absolute Gasteiger partial charge is 0.275 e. The van der Waals surface area contributed by atoms with Crippen LogP contribution in [0.1, 0.15) is 31.8 Å². The first-order chi connectivity index (χ1) is 18.3. The molecule has 0 aliphatic rings. The number of benzene rings is 4. The summed E-state index contributed by atoms with van der Waals surface area (Å²) in [7, 11) is 0. The standard InChI is InChI=1S/2C14H11FN2O2/c2*15-11-7-5-10(6-8-11)9-16-17-14(19)12-3-1-2-4-13(12)18/h2*1-9,18H,(H,17,19)/b2*16-9+. The zero-order valence-corrected chi connectivity index (χ0v) is 19.8. The molecular weight excluding hydrogens is 494 g/mol. The van der Waals surface area contributed by atoms with Gasteiger partial charge in [0.05, 0.1) is 23.6 Å². The van der Waals surface area contributed by atoms with E-state index in [9.17, 15) is 28.6 Å². The summed E-state index contributed by atoms with van der Waals surface area (Å²) in [5.41, 5.74) is 6.14. The van der Waals surface area contributed by atoms with Gasteiger partial charge in [-0.3, -0.25) is 9.59 Å². The lowest BCUT2D eigenvalue weighted by molar-refractivity contribution is 0.0944. The molecule has 0 fully saturated rings. The van der Waals surface area contributed by atoms with Crippen molar-refractivity contribution >= 4 is 24.2 Å². The Labute approximate surface area is 216 Å². The molecule has 0 aliphatic carbocycles. The van der Waals surface area contributed by atoms with Crippen LogP contribution < -0.4 is 10.9 Å². The first-order valence-electron chi connectivity index (χ1n) is 11.1. The highest BCUT2D eigenvalue weighted by Gasteiger charge is 2.09. The number of para-hydroxylation sites is 2. The lowest BCUT2D eigenvalue weighted by atomic mass is 10.2. The number of carbonyl (C=O) groups is 2. The van der Waals surface area contributed by atoms with Crippen molar-refractivity contribution in [2.24, 2.45) is 10.2 Å². The Balaban J connectivity index is 0.000000211. The highest BCUT2D eigenvalue weighted by Crippen LogP contribution is 2.15. The minimum atomic E-state index is -0.517. The Hall–Kier alpha value is -5.38. The number of aromatic hydroxyl groups is 2. The van der Waals surface area contributed by atoms with Crippen LogP contribution in [0.2, 0.25) is 0 Å². The third-order valence-electron chi connectivity index (χ3n) is 4.80. The molecule has 2 amide bonds. The first-order valence-corrected chi connectivity index (χ1v) is 11.1. The summed E-state index contributed by atoms with van der Waals surface area (Å²) in [6.07, 6.45) is 2.77. The summed E-state index contributed by atoms with van der Waals surface area (Å²) in [5, 5.41) is 26.4. The maximum absolute atomic E-state index is 12.7. The Bertz CT molecular complexity index is 1330. The van der Waals surface area contributed by atoms with Crippen molar-refractivity contribution in [1.29, 1.82) is 0 Å². The van der Waals surface area contributed by atoms with E-state index in [0.717, 1.165) is 0 Å². The lowest BCUT2D eigenvalue weighted by Gasteiger charge is -2.01. The summed E-state index contributed by atoms with van der Waals surface area (Å²) in [4.78, 5) is 23.3. The van der Waals surface area contributed by atoms with E-state index in [1.165, 1.54) is 85.2 Å². The highest BCUT2D eigenvalue weighted by atomic mass is 19.1. The summed E-state index contributed by atoms with van der Waals surface area (Å²) in [6.45, 7) is 0. The van der Waals surface area contributed by atoms with Gasteiger partial charge in [-0.2, -0.15) is 10.2 Å². The lowest BCUT2D eigenvalue weighted by Crippen LogP contribution is -2.17. The Morgan fingerprint density at radius 2 is 0.921 bits per heavy atom. The van der Waals surface area contributed by atoms with Crippen LogP contribution in [0.25, 0.3) is 0 Å². The molecule has 4 aromatic rings. The molecule has 0 unspecified atom stereocenters. The topological polar surface area (TPSA) is 123 Å². The molecule has 0 aromatic heterocycles. The van der Waals surface area contributed by atoms with Crippen molar-refractivity contribution in [3.63, 3.8) is 0 Å². The predicted molar refractivity (Wildman–Crippen MR) is 139 cm³/mol. The van der Waals surface area contributed by atoms with Gasteiger partial charge >= 0.3 is 0 Å². The highest BCUT2D eigenvalue weighted by molar-refractivity contribution is 5.97. The van der Waals surface area contributed by atoms with Gasteiger partial charge in [-0.1, -0.05) is 48.5 Å². The number of hydrogen-bond acceptors (Lipinski definition) is 6. The second-order valence-corrected chi connectivity index (χ2v) is 7.54. The number of hydrogen-bond donors (Lipinski definition) is 4. The molecule has 0 heterocycles. The molecule has 0 aliphatic heterocycles. The van der Waals surface area contributed by atoms with E-state index in [1.54, 1.807) is 24.3 Å². The molecule has 10 heteroatoms. The second-order valence-electron chi connectivity index (χ2n) is 7.54.